The molecule has 7 aromatic carbocycles. The van der Waals surface area contributed by atoms with E-state index in [9.17, 15) is 0 Å². The van der Waals surface area contributed by atoms with Crippen molar-refractivity contribution in [2.75, 3.05) is 4.90 Å². The molecule has 0 saturated heterocycles. The van der Waals surface area contributed by atoms with Crippen LogP contribution in [-0.2, 0) is 0 Å². The number of hydrogen-bond acceptors (Lipinski definition) is 5. The lowest BCUT2D eigenvalue weighted by molar-refractivity contribution is 0.447. The molecule has 0 unspecified atom stereocenters. The molecule has 1 aromatic heterocycles. The van der Waals surface area contributed by atoms with Crippen LogP contribution < -0.4 is 14.4 Å². The Hall–Kier alpha value is -6.20. The van der Waals surface area contributed by atoms with Gasteiger partial charge in [-0.25, -0.2) is 9.97 Å². The number of ether oxygens (including phenoxy) is 2. The molecule has 45 heavy (non-hydrogen) atoms. The predicted molar refractivity (Wildman–Crippen MR) is 180 cm³/mol. The van der Waals surface area contributed by atoms with Crippen molar-refractivity contribution in [3.8, 4) is 45.6 Å². The lowest BCUT2D eigenvalue weighted by Crippen LogP contribution is -2.21. The van der Waals surface area contributed by atoms with E-state index in [-0.39, 0.29) is 0 Å². The molecule has 3 heterocycles. The van der Waals surface area contributed by atoms with Crippen molar-refractivity contribution in [1.29, 1.82) is 0 Å². The first-order valence-electron chi connectivity index (χ1n) is 15.0. The number of anilines is 3. The first-order valence-corrected chi connectivity index (χ1v) is 15.0. The number of para-hydroxylation sites is 1. The quantitative estimate of drug-likeness (QED) is 0.205. The number of aromatic nitrogens is 2. The summed E-state index contributed by atoms with van der Waals surface area (Å²) in [5, 5.41) is 5.52. The fourth-order valence-electron chi connectivity index (χ4n) is 6.67. The summed E-state index contributed by atoms with van der Waals surface area (Å²) in [7, 11) is 0. The van der Waals surface area contributed by atoms with E-state index < -0.39 is 0 Å². The molecule has 2 aliphatic heterocycles. The molecule has 0 bridgehead atoms. The summed E-state index contributed by atoms with van der Waals surface area (Å²) >= 11 is 0. The summed E-state index contributed by atoms with van der Waals surface area (Å²) < 4.78 is 13.5. The molecular weight excluding hydrogens is 554 g/mol. The Morgan fingerprint density at radius 1 is 0.489 bits per heavy atom. The summed E-state index contributed by atoms with van der Waals surface area (Å²) in [6.07, 6.45) is 0. The number of hydrogen-bond donors (Lipinski definition) is 0. The van der Waals surface area contributed by atoms with Gasteiger partial charge in [0.1, 0.15) is 5.69 Å². The van der Waals surface area contributed by atoms with Gasteiger partial charge in [-0.15, -0.1) is 0 Å². The molecule has 0 spiro atoms. The maximum atomic E-state index is 6.88. The van der Waals surface area contributed by atoms with Crippen molar-refractivity contribution < 1.29 is 9.47 Å². The molecule has 2 aliphatic rings. The lowest BCUT2D eigenvalue weighted by Gasteiger charge is -2.38. The molecule has 0 radical (unpaired) electrons. The van der Waals surface area contributed by atoms with E-state index in [1.54, 1.807) is 0 Å². The second-order valence-electron chi connectivity index (χ2n) is 11.4. The minimum Gasteiger partial charge on any atom is -0.453 e. The van der Waals surface area contributed by atoms with E-state index >= 15 is 0 Å². The third kappa shape index (κ3) is 3.61. The largest absolute Gasteiger partial charge is 0.453 e. The van der Waals surface area contributed by atoms with Crippen molar-refractivity contribution in [3.63, 3.8) is 0 Å². The second kappa shape index (κ2) is 9.15. The molecule has 0 amide bonds. The van der Waals surface area contributed by atoms with Gasteiger partial charge < -0.3 is 9.47 Å². The fourth-order valence-corrected chi connectivity index (χ4v) is 6.67. The van der Waals surface area contributed by atoms with E-state index in [2.05, 4.69) is 95.9 Å². The van der Waals surface area contributed by atoms with Crippen LogP contribution in [0.5, 0.6) is 23.0 Å². The third-order valence-corrected chi connectivity index (χ3v) is 8.78. The molecule has 0 atom stereocenters. The molecule has 8 aromatic rings. The molecular formula is C40H23N3O2. The summed E-state index contributed by atoms with van der Waals surface area (Å²) in [5.41, 5.74) is 6.36. The van der Waals surface area contributed by atoms with Gasteiger partial charge in [-0.1, -0.05) is 97.1 Å². The van der Waals surface area contributed by atoms with Crippen LogP contribution in [0.2, 0.25) is 0 Å². The Balaban J connectivity index is 1.26. The lowest BCUT2D eigenvalue weighted by atomic mass is 10.00. The van der Waals surface area contributed by atoms with E-state index in [0.29, 0.717) is 11.6 Å². The van der Waals surface area contributed by atoms with Crippen LogP contribution >= 0.6 is 0 Å². The maximum Gasteiger partial charge on any atom is 0.166 e. The molecule has 5 nitrogen and oxygen atoms in total. The number of rotatable bonds is 2. The van der Waals surface area contributed by atoms with Crippen molar-refractivity contribution in [1.82, 2.24) is 9.97 Å². The van der Waals surface area contributed by atoms with Crippen molar-refractivity contribution >= 4 is 49.5 Å². The molecule has 210 valence electrons. The van der Waals surface area contributed by atoms with Gasteiger partial charge >= 0.3 is 0 Å². The van der Waals surface area contributed by atoms with Crippen LogP contribution in [0.4, 0.5) is 17.1 Å². The monoisotopic (exact) mass is 577 g/mol. The van der Waals surface area contributed by atoms with Gasteiger partial charge in [-0.2, -0.15) is 0 Å². The van der Waals surface area contributed by atoms with Gasteiger partial charge in [0.2, 0.25) is 0 Å². The van der Waals surface area contributed by atoms with E-state index in [4.69, 9.17) is 19.4 Å². The van der Waals surface area contributed by atoms with Gasteiger partial charge in [-0.3, -0.25) is 4.90 Å². The van der Waals surface area contributed by atoms with E-state index in [0.717, 1.165) is 83.6 Å². The Kier molecular flexibility index (Phi) is 4.93. The summed E-state index contributed by atoms with van der Waals surface area (Å²) in [4.78, 5) is 12.5. The Morgan fingerprint density at radius 2 is 1.09 bits per heavy atom. The number of nitrogens with zero attached hydrogens (tertiary/aromatic N) is 3. The van der Waals surface area contributed by atoms with Crippen molar-refractivity contribution in [2.45, 2.75) is 0 Å². The minimum atomic E-state index is 0.596. The number of benzene rings is 7. The van der Waals surface area contributed by atoms with Crippen LogP contribution in [0.1, 0.15) is 0 Å². The number of fused-ring (bicyclic) bond motifs is 7. The smallest absolute Gasteiger partial charge is 0.166 e. The van der Waals surface area contributed by atoms with Gasteiger partial charge in [0.05, 0.1) is 28.1 Å². The van der Waals surface area contributed by atoms with Crippen LogP contribution in [-0.4, -0.2) is 9.97 Å². The van der Waals surface area contributed by atoms with E-state index in [1.807, 2.05) is 48.5 Å². The molecule has 0 fully saturated rings. The Bertz CT molecular complexity index is 2490. The van der Waals surface area contributed by atoms with Crippen molar-refractivity contribution in [2.24, 2.45) is 0 Å². The van der Waals surface area contributed by atoms with Crippen LogP contribution in [0.3, 0.4) is 0 Å². The fraction of sp³-hybridized carbons (Fsp3) is 0. The molecule has 0 N–H and O–H groups in total. The Morgan fingerprint density at radius 3 is 1.80 bits per heavy atom. The SMILES string of the molecule is c1ccc(-c2nc(-c3ccc4c5c3Oc3cc6ccccc6cc3N5c3cc5ccccc5cc3O4)nc3ccccc23)cc1. The average Bonchev–Trinajstić information content (AvgIpc) is 3.10. The zero-order valence-corrected chi connectivity index (χ0v) is 23.9. The van der Waals surface area contributed by atoms with Gasteiger partial charge in [0.25, 0.3) is 0 Å². The highest BCUT2D eigenvalue weighted by Crippen LogP contribution is 2.62. The maximum absolute atomic E-state index is 6.88. The van der Waals surface area contributed by atoms with Crippen LogP contribution in [0.15, 0.2) is 140 Å². The van der Waals surface area contributed by atoms with Gasteiger partial charge in [0.15, 0.2) is 28.8 Å². The molecule has 5 heteroatoms. The minimum absolute atomic E-state index is 0.596. The zero-order valence-electron chi connectivity index (χ0n) is 23.9. The second-order valence-corrected chi connectivity index (χ2v) is 11.4. The standard InChI is InChI=1S/C40H23N3O2/c1-2-10-24(11-3-1)37-29-16-8-9-17-31(29)41-40(42-37)30-18-19-34-38-39(30)45-36-23-28-15-7-5-13-26(28)21-33(36)43(38)32-20-25-12-4-6-14-27(25)22-35(32)44-34/h1-23H. The average molecular weight is 578 g/mol. The first kappa shape index (κ1) is 24.3. The summed E-state index contributed by atoms with van der Waals surface area (Å²) in [6, 6.07) is 47.9. The summed E-state index contributed by atoms with van der Waals surface area (Å²) in [5.74, 6) is 3.56. The van der Waals surface area contributed by atoms with Crippen LogP contribution in [0.25, 0.3) is 55.1 Å². The topological polar surface area (TPSA) is 47.5 Å². The van der Waals surface area contributed by atoms with Crippen molar-refractivity contribution in [3.05, 3.63) is 140 Å². The Labute approximate surface area is 258 Å². The third-order valence-electron chi connectivity index (χ3n) is 8.78. The van der Waals surface area contributed by atoms with Crippen LogP contribution in [0, 0.1) is 0 Å². The predicted octanol–water partition coefficient (Wildman–Crippen LogP) is 11.0. The summed E-state index contributed by atoms with van der Waals surface area (Å²) in [6.45, 7) is 0. The highest BCUT2D eigenvalue weighted by Gasteiger charge is 2.37. The zero-order chi connectivity index (χ0) is 29.5. The highest BCUT2D eigenvalue weighted by molar-refractivity contribution is 6.03. The molecule has 10 rings (SSSR count). The van der Waals surface area contributed by atoms with Gasteiger partial charge in [0, 0.05) is 10.9 Å². The highest BCUT2D eigenvalue weighted by atomic mass is 16.5. The molecule has 0 saturated carbocycles. The van der Waals surface area contributed by atoms with E-state index in [1.165, 1.54) is 0 Å². The van der Waals surface area contributed by atoms with Gasteiger partial charge in [-0.05, 0) is 64.0 Å². The molecule has 0 aliphatic carbocycles. The first-order chi connectivity index (χ1) is 22.3. The normalized spacial score (nSPS) is 12.8.